The van der Waals surface area contributed by atoms with Gasteiger partial charge in [0.2, 0.25) is 0 Å². The van der Waals surface area contributed by atoms with E-state index in [0.717, 1.165) is 18.8 Å². The van der Waals surface area contributed by atoms with Crippen molar-refractivity contribution < 1.29 is 4.74 Å². The van der Waals surface area contributed by atoms with Crippen molar-refractivity contribution in [2.45, 2.75) is 52.9 Å². The molecule has 114 valence electrons. The summed E-state index contributed by atoms with van der Waals surface area (Å²) in [5.41, 5.74) is 2.68. The van der Waals surface area contributed by atoms with Gasteiger partial charge in [0, 0.05) is 12.5 Å². The summed E-state index contributed by atoms with van der Waals surface area (Å²) in [7, 11) is 1.78. The minimum Gasteiger partial charge on any atom is -0.496 e. The monoisotopic (exact) mass is 277 g/mol. The molecule has 0 aliphatic heterocycles. The molecule has 0 saturated carbocycles. The van der Waals surface area contributed by atoms with E-state index in [9.17, 15) is 0 Å². The molecular weight excluding hydrogens is 246 g/mol. The zero-order valence-electron chi connectivity index (χ0n) is 13.8. The second kappa shape index (κ2) is 9.02. The number of nitrogens with one attached hydrogen (secondary N) is 1. The molecule has 0 saturated heterocycles. The highest BCUT2D eigenvalue weighted by molar-refractivity contribution is 5.40. The Bertz CT molecular complexity index is 385. The highest BCUT2D eigenvalue weighted by Crippen LogP contribution is 2.35. The Balaban J connectivity index is 3.04. The largest absolute Gasteiger partial charge is 0.496 e. The van der Waals surface area contributed by atoms with Gasteiger partial charge in [-0.15, -0.1) is 0 Å². The van der Waals surface area contributed by atoms with Crippen LogP contribution in [0.2, 0.25) is 0 Å². The van der Waals surface area contributed by atoms with Crippen molar-refractivity contribution in [2.24, 2.45) is 5.92 Å². The van der Waals surface area contributed by atoms with Gasteiger partial charge in [0.1, 0.15) is 5.75 Å². The zero-order chi connectivity index (χ0) is 15.0. The van der Waals surface area contributed by atoms with E-state index >= 15 is 0 Å². The SMILES string of the molecule is CCCNCC(c1cc(C)ccc1OC)C(CC)CC. The zero-order valence-corrected chi connectivity index (χ0v) is 13.8. The van der Waals surface area contributed by atoms with Crippen molar-refractivity contribution in [2.75, 3.05) is 20.2 Å². The van der Waals surface area contributed by atoms with Crippen LogP contribution in [-0.4, -0.2) is 20.2 Å². The quantitative estimate of drug-likeness (QED) is 0.670. The lowest BCUT2D eigenvalue weighted by Crippen LogP contribution is -2.27. The normalized spacial score (nSPS) is 12.7. The number of aryl methyl sites for hydroxylation is 1. The number of methoxy groups -OCH3 is 1. The summed E-state index contributed by atoms with van der Waals surface area (Å²) in [6, 6.07) is 6.54. The lowest BCUT2D eigenvalue weighted by molar-refractivity contribution is 0.356. The number of benzene rings is 1. The van der Waals surface area contributed by atoms with Gasteiger partial charge in [0.15, 0.2) is 0 Å². The van der Waals surface area contributed by atoms with E-state index < -0.39 is 0 Å². The molecule has 2 heteroatoms. The molecule has 1 unspecified atom stereocenters. The average Bonchev–Trinajstić information content (AvgIpc) is 2.47. The van der Waals surface area contributed by atoms with Crippen LogP contribution in [-0.2, 0) is 0 Å². The van der Waals surface area contributed by atoms with Gasteiger partial charge in [0.05, 0.1) is 7.11 Å². The molecule has 1 aromatic rings. The Morgan fingerprint density at radius 1 is 1.15 bits per heavy atom. The summed E-state index contributed by atoms with van der Waals surface area (Å²) >= 11 is 0. The molecule has 0 heterocycles. The maximum Gasteiger partial charge on any atom is 0.122 e. The van der Waals surface area contributed by atoms with E-state index in [1.165, 1.54) is 30.4 Å². The Kier molecular flexibility index (Phi) is 7.68. The van der Waals surface area contributed by atoms with E-state index in [-0.39, 0.29) is 0 Å². The molecule has 1 atom stereocenters. The summed E-state index contributed by atoms with van der Waals surface area (Å²) in [4.78, 5) is 0. The van der Waals surface area contributed by atoms with Gasteiger partial charge in [-0.1, -0.05) is 51.3 Å². The van der Waals surface area contributed by atoms with E-state index in [0.29, 0.717) is 11.8 Å². The molecule has 0 radical (unpaired) electrons. The van der Waals surface area contributed by atoms with Crippen LogP contribution in [0.5, 0.6) is 5.75 Å². The third-order valence-electron chi connectivity index (χ3n) is 4.19. The summed E-state index contributed by atoms with van der Waals surface area (Å²) in [5, 5.41) is 3.60. The number of hydrogen-bond donors (Lipinski definition) is 1. The molecular formula is C18H31NO. The maximum absolute atomic E-state index is 5.60. The van der Waals surface area contributed by atoms with Crippen molar-refractivity contribution in [1.29, 1.82) is 0 Å². The molecule has 0 aromatic heterocycles. The van der Waals surface area contributed by atoms with Gasteiger partial charge in [-0.05, 0) is 37.4 Å². The Morgan fingerprint density at radius 2 is 1.85 bits per heavy atom. The number of rotatable bonds is 9. The second-order valence-electron chi connectivity index (χ2n) is 5.63. The topological polar surface area (TPSA) is 21.3 Å². The van der Waals surface area contributed by atoms with Crippen molar-refractivity contribution >= 4 is 0 Å². The predicted octanol–water partition coefficient (Wildman–Crippen LogP) is 4.52. The van der Waals surface area contributed by atoms with Crippen molar-refractivity contribution in [3.63, 3.8) is 0 Å². The maximum atomic E-state index is 5.60. The molecule has 0 amide bonds. The number of ether oxygens (including phenoxy) is 1. The van der Waals surface area contributed by atoms with Gasteiger partial charge < -0.3 is 10.1 Å². The fourth-order valence-electron chi connectivity index (χ4n) is 2.97. The molecule has 1 N–H and O–H groups in total. The van der Waals surface area contributed by atoms with Crippen LogP contribution in [0.15, 0.2) is 18.2 Å². The molecule has 2 nitrogen and oxygen atoms in total. The molecule has 0 aliphatic rings. The highest BCUT2D eigenvalue weighted by atomic mass is 16.5. The summed E-state index contributed by atoms with van der Waals surface area (Å²) < 4.78 is 5.60. The molecule has 1 rings (SSSR count). The van der Waals surface area contributed by atoms with Gasteiger partial charge in [-0.2, -0.15) is 0 Å². The lowest BCUT2D eigenvalue weighted by Gasteiger charge is -2.28. The minimum absolute atomic E-state index is 0.534. The first-order valence-corrected chi connectivity index (χ1v) is 8.03. The van der Waals surface area contributed by atoms with E-state index in [2.05, 4.69) is 51.2 Å². The average molecular weight is 277 g/mol. The highest BCUT2D eigenvalue weighted by Gasteiger charge is 2.23. The molecule has 0 bridgehead atoms. The first kappa shape index (κ1) is 17.0. The predicted molar refractivity (Wildman–Crippen MR) is 87.7 cm³/mol. The third kappa shape index (κ3) is 4.52. The third-order valence-corrected chi connectivity index (χ3v) is 4.19. The smallest absolute Gasteiger partial charge is 0.122 e. The Hall–Kier alpha value is -1.02. The van der Waals surface area contributed by atoms with Gasteiger partial charge in [0.25, 0.3) is 0 Å². The Labute approximate surface area is 124 Å². The summed E-state index contributed by atoms with van der Waals surface area (Å²) in [5.74, 6) is 2.27. The van der Waals surface area contributed by atoms with Crippen LogP contribution < -0.4 is 10.1 Å². The molecule has 1 aromatic carbocycles. The van der Waals surface area contributed by atoms with Crippen LogP contribution in [0, 0.1) is 12.8 Å². The van der Waals surface area contributed by atoms with Gasteiger partial charge in [-0.25, -0.2) is 0 Å². The summed E-state index contributed by atoms with van der Waals surface area (Å²) in [6.07, 6.45) is 3.61. The second-order valence-corrected chi connectivity index (χ2v) is 5.63. The Morgan fingerprint density at radius 3 is 2.40 bits per heavy atom. The summed E-state index contributed by atoms with van der Waals surface area (Å²) in [6.45, 7) is 11.1. The fourth-order valence-corrected chi connectivity index (χ4v) is 2.97. The van der Waals surface area contributed by atoms with E-state index in [1.807, 2.05) is 0 Å². The van der Waals surface area contributed by atoms with Crippen molar-refractivity contribution in [3.05, 3.63) is 29.3 Å². The van der Waals surface area contributed by atoms with Crippen LogP contribution in [0.25, 0.3) is 0 Å². The molecule has 0 aliphatic carbocycles. The number of hydrogen-bond acceptors (Lipinski definition) is 2. The van der Waals surface area contributed by atoms with Crippen LogP contribution in [0.1, 0.15) is 57.1 Å². The molecule has 20 heavy (non-hydrogen) atoms. The van der Waals surface area contributed by atoms with Crippen LogP contribution >= 0.6 is 0 Å². The van der Waals surface area contributed by atoms with E-state index in [4.69, 9.17) is 4.74 Å². The minimum atomic E-state index is 0.534. The molecule has 0 fully saturated rings. The standard InChI is InChI=1S/C18H31NO/c1-6-11-19-13-17(15(7-2)8-3)16-12-14(4)9-10-18(16)20-5/h9-10,12,15,17,19H,6-8,11,13H2,1-5H3. The fraction of sp³-hybridized carbons (Fsp3) is 0.667. The van der Waals surface area contributed by atoms with E-state index in [1.54, 1.807) is 7.11 Å². The first-order chi connectivity index (χ1) is 9.67. The van der Waals surface area contributed by atoms with Crippen molar-refractivity contribution in [1.82, 2.24) is 5.32 Å². The first-order valence-electron chi connectivity index (χ1n) is 8.03. The van der Waals surface area contributed by atoms with Gasteiger partial charge >= 0.3 is 0 Å². The van der Waals surface area contributed by atoms with Crippen LogP contribution in [0.4, 0.5) is 0 Å². The van der Waals surface area contributed by atoms with Crippen molar-refractivity contribution in [3.8, 4) is 5.75 Å². The van der Waals surface area contributed by atoms with Crippen LogP contribution in [0.3, 0.4) is 0 Å². The lowest BCUT2D eigenvalue weighted by atomic mass is 9.81. The van der Waals surface area contributed by atoms with Gasteiger partial charge in [-0.3, -0.25) is 0 Å². The molecule has 0 spiro atoms.